The van der Waals surface area contributed by atoms with E-state index in [1.165, 1.54) is 0 Å². The van der Waals surface area contributed by atoms with E-state index in [9.17, 15) is 4.79 Å². The van der Waals surface area contributed by atoms with Crippen molar-refractivity contribution in [3.63, 3.8) is 0 Å². The first-order valence-electron chi connectivity index (χ1n) is 4.58. The Balaban J connectivity index is 3.61. The topological polar surface area (TPSA) is 101 Å². The smallest absolute Gasteiger partial charge is 0.320 e. The molecule has 6 N–H and O–H groups in total. The van der Waals surface area contributed by atoms with Gasteiger partial charge in [-0.25, -0.2) is 0 Å². The van der Waals surface area contributed by atoms with E-state index in [0.29, 0.717) is 26.1 Å². The highest BCUT2D eigenvalue weighted by atomic mass is 16.4. The highest BCUT2D eigenvalue weighted by molar-refractivity contribution is 5.73. The Morgan fingerprint density at radius 1 is 1.31 bits per heavy atom. The third kappa shape index (κ3) is 6.51. The molecule has 0 spiro atoms. The molecule has 0 aromatic heterocycles. The molecular weight excluding hydrogens is 170 g/mol. The largest absolute Gasteiger partial charge is 0.480 e. The number of nitrogens with one attached hydrogen (secondary N) is 1. The van der Waals surface area contributed by atoms with Gasteiger partial charge in [-0.05, 0) is 19.4 Å². The lowest BCUT2D eigenvalue weighted by atomic mass is 10.1. The van der Waals surface area contributed by atoms with Crippen molar-refractivity contribution in [2.75, 3.05) is 19.6 Å². The summed E-state index contributed by atoms with van der Waals surface area (Å²) in [4.78, 5) is 10.7. The van der Waals surface area contributed by atoms with E-state index >= 15 is 0 Å². The second-order valence-electron chi connectivity index (χ2n) is 2.92. The van der Waals surface area contributed by atoms with E-state index in [1.54, 1.807) is 0 Å². The third-order valence-electron chi connectivity index (χ3n) is 1.78. The summed E-state index contributed by atoms with van der Waals surface area (Å²) in [6.07, 6.45) is 2.33. The minimum absolute atomic E-state index is 0.459. The average Bonchev–Trinajstić information content (AvgIpc) is 2.10. The molecular formula is C8H19N3O2. The van der Waals surface area contributed by atoms with Crippen LogP contribution in [0.3, 0.4) is 0 Å². The fourth-order valence-electron chi connectivity index (χ4n) is 1.06. The lowest BCUT2D eigenvalue weighted by Crippen LogP contribution is -2.39. The van der Waals surface area contributed by atoms with Gasteiger partial charge in [0.1, 0.15) is 6.04 Å². The number of rotatable bonds is 8. The van der Waals surface area contributed by atoms with Crippen LogP contribution in [0.25, 0.3) is 0 Å². The molecule has 0 aliphatic rings. The summed E-state index contributed by atoms with van der Waals surface area (Å²) < 4.78 is 0. The van der Waals surface area contributed by atoms with Crippen molar-refractivity contribution in [3.8, 4) is 0 Å². The minimum Gasteiger partial charge on any atom is -0.480 e. The van der Waals surface area contributed by atoms with Gasteiger partial charge < -0.3 is 21.9 Å². The van der Waals surface area contributed by atoms with Gasteiger partial charge >= 0.3 is 5.97 Å². The molecule has 0 heterocycles. The van der Waals surface area contributed by atoms with Crippen LogP contribution in [0.4, 0.5) is 0 Å². The maximum absolute atomic E-state index is 10.7. The zero-order valence-electron chi connectivity index (χ0n) is 7.83. The predicted octanol–water partition coefficient (Wildman–Crippen LogP) is -0.883. The van der Waals surface area contributed by atoms with Gasteiger partial charge in [0.15, 0.2) is 0 Å². The number of unbranched alkanes of at least 4 members (excludes halogenated alkanes) is 1. The fraction of sp³-hybridized carbons (Fsp3) is 0.875. The van der Waals surface area contributed by atoms with Crippen LogP contribution in [0.15, 0.2) is 0 Å². The molecule has 0 aliphatic carbocycles. The zero-order chi connectivity index (χ0) is 10.1. The van der Waals surface area contributed by atoms with Gasteiger partial charge in [0.2, 0.25) is 0 Å². The number of hydrogen-bond acceptors (Lipinski definition) is 4. The third-order valence-corrected chi connectivity index (χ3v) is 1.78. The van der Waals surface area contributed by atoms with Gasteiger partial charge in [0.25, 0.3) is 0 Å². The summed E-state index contributed by atoms with van der Waals surface area (Å²) in [5.74, 6) is -0.814. The number of aliphatic carboxylic acids is 1. The Bertz CT molecular complexity index is 141. The monoisotopic (exact) mass is 189 g/mol. The summed E-state index contributed by atoms with van der Waals surface area (Å²) in [5, 5.41) is 11.6. The lowest BCUT2D eigenvalue weighted by Gasteiger charge is -2.12. The first-order valence-corrected chi connectivity index (χ1v) is 4.58. The fourth-order valence-corrected chi connectivity index (χ4v) is 1.06. The molecule has 0 aliphatic heterocycles. The van der Waals surface area contributed by atoms with Gasteiger partial charge in [-0.2, -0.15) is 0 Å². The van der Waals surface area contributed by atoms with Crippen LogP contribution in [-0.4, -0.2) is 36.8 Å². The molecule has 0 fully saturated rings. The number of carboxylic acids is 1. The van der Waals surface area contributed by atoms with E-state index in [1.807, 2.05) is 0 Å². The molecule has 0 rings (SSSR count). The number of carbonyl (C=O) groups is 1. The van der Waals surface area contributed by atoms with E-state index in [4.69, 9.17) is 16.6 Å². The van der Waals surface area contributed by atoms with Crippen LogP contribution in [0, 0.1) is 0 Å². The van der Waals surface area contributed by atoms with Gasteiger partial charge in [-0.3, -0.25) is 4.79 Å². The first-order chi connectivity index (χ1) is 6.22. The second kappa shape index (κ2) is 7.97. The Morgan fingerprint density at radius 3 is 2.46 bits per heavy atom. The molecule has 0 saturated carbocycles. The number of hydrogen-bond donors (Lipinski definition) is 4. The van der Waals surface area contributed by atoms with Crippen molar-refractivity contribution in [2.24, 2.45) is 11.5 Å². The summed E-state index contributed by atoms with van der Waals surface area (Å²) in [5.41, 5.74) is 10.6. The maximum Gasteiger partial charge on any atom is 0.320 e. The maximum atomic E-state index is 10.7. The van der Waals surface area contributed by atoms with Crippen molar-refractivity contribution in [1.82, 2.24) is 5.32 Å². The second-order valence-corrected chi connectivity index (χ2v) is 2.92. The lowest BCUT2D eigenvalue weighted by molar-refractivity contribution is -0.139. The Labute approximate surface area is 78.5 Å². The van der Waals surface area contributed by atoms with E-state index in [2.05, 4.69) is 5.32 Å². The molecule has 0 radical (unpaired) electrons. The molecule has 0 unspecified atom stereocenters. The summed E-state index contributed by atoms with van der Waals surface area (Å²) >= 11 is 0. The van der Waals surface area contributed by atoms with Crippen LogP contribution in [-0.2, 0) is 4.79 Å². The highest BCUT2D eigenvalue weighted by Crippen LogP contribution is 1.99. The van der Waals surface area contributed by atoms with Gasteiger partial charge in [0, 0.05) is 13.1 Å². The molecule has 0 aromatic rings. The SMILES string of the molecule is NCCCC[C@H](NCCN)C(=O)O. The van der Waals surface area contributed by atoms with Crippen LogP contribution in [0.1, 0.15) is 19.3 Å². The Kier molecular flexibility index (Phi) is 7.57. The highest BCUT2D eigenvalue weighted by Gasteiger charge is 2.14. The van der Waals surface area contributed by atoms with Crippen LogP contribution in [0.5, 0.6) is 0 Å². The predicted molar refractivity (Wildman–Crippen MR) is 51.4 cm³/mol. The van der Waals surface area contributed by atoms with Crippen molar-refractivity contribution >= 4 is 5.97 Å². The minimum atomic E-state index is -0.814. The van der Waals surface area contributed by atoms with E-state index in [0.717, 1.165) is 12.8 Å². The van der Waals surface area contributed by atoms with Gasteiger partial charge in [0.05, 0.1) is 0 Å². The summed E-state index contributed by atoms with van der Waals surface area (Å²) in [6.45, 7) is 1.61. The van der Waals surface area contributed by atoms with Crippen molar-refractivity contribution in [3.05, 3.63) is 0 Å². The van der Waals surface area contributed by atoms with Crippen molar-refractivity contribution < 1.29 is 9.90 Å². The molecule has 0 aromatic carbocycles. The first kappa shape index (κ1) is 12.3. The van der Waals surface area contributed by atoms with Crippen LogP contribution >= 0.6 is 0 Å². The average molecular weight is 189 g/mol. The Hall–Kier alpha value is -0.650. The van der Waals surface area contributed by atoms with E-state index < -0.39 is 12.0 Å². The molecule has 78 valence electrons. The quantitative estimate of drug-likeness (QED) is 0.371. The van der Waals surface area contributed by atoms with Crippen molar-refractivity contribution in [2.45, 2.75) is 25.3 Å². The Morgan fingerprint density at radius 2 is 2.00 bits per heavy atom. The summed E-state index contributed by atoms with van der Waals surface area (Å²) in [6, 6.07) is -0.477. The molecule has 5 heteroatoms. The molecule has 5 nitrogen and oxygen atoms in total. The normalized spacial score (nSPS) is 12.8. The van der Waals surface area contributed by atoms with Gasteiger partial charge in [-0.1, -0.05) is 6.42 Å². The summed E-state index contributed by atoms with van der Waals surface area (Å²) in [7, 11) is 0. The molecule has 1 atom stereocenters. The van der Waals surface area contributed by atoms with Crippen molar-refractivity contribution in [1.29, 1.82) is 0 Å². The molecule has 0 saturated heterocycles. The van der Waals surface area contributed by atoms with Crippen LogP contribution < -0.4 is 16.8 Å². The van der Waals surface area contributed by atoms with Crippen LogP contribution in [0.2, 0.25) is 0 Å². The number of nitrogens with two attached hydrogens (primary N) is 2. The molecule has 0 amide bonds. The molecule has 13 heavy (non-hydrogen) atoms. The molecule has 0 bridgehead atoms. The number of carboxylic acid groups (broad SMARTS) is 1. The van der Waals surface area contributed by atoms with E-state index in [-0.39, 0.29) is 0 Å². The zero-order valence-corrected chi connectivity index (χ0v) is 7.83. The standard InChI is InChI=1S/C8H19N3O2/c9-4-2-1-3-7(8(12)13)11-6-5-10/h7,11H,1-6,9-10H2,(H,12,13)/t7-/m0/s1. The van der Waals surface area contributed by atoms with Gasteiger partial charge in [-0.15, -0.1) is 0 Å².